The third-order valence-electron chi connectivity index (χ3n) is 3.23. The third-order valence-corrected chi connectivity index (χ3v) is 3.47. The van der Waals surface area contributed by atoms with Gasteiger partial charge in [-0.05, 0) is 37.5 Å². The van der Waals surface area contributed by atoms with Crippen LogP contribution in [0.25, 0.3) is 0 Å². The van der Waals surface area contributed by atoms with Crippen molar-refractivity contribution in [3.63, 3.8) is 0 Å². The Bertz CT molecular complexity index is 512. The normalized spacial score (nSPS) is 17.7. The molecule has 1 fully saturated rings. The van der Waals surface area contributed by atoms with E-state index in [0.29, 0.717) is 12.8 Å². The minimum atomic E-state index is -4.59. The fourth-order valence-corrected chi connectivity index (χ4v) is 2.06. The zero-order chi connectivity index (χ0) is 14.3. The Kier molecular flexibility index (Phi) is 3.49. The maximum absolute atomic E-state index is 12.8. The fraction of sp³-hybridized carbons (Fsp3) is 0.417. The zero-order valence-corrected chi connectivity index (χ0v) is 10.6. The molecule has 0 atom stereocenters. The van der Waals surface area contributed by atoms with E-state index in [1.165, 1.54) is 6.07 Å². The van der Waals surface area contributed by atoms with Crippen LogP contribution in [-0.4, -0.2) is 11.4 Å². The van der Waals surface area contributed by atoms with Crippen molar-refractivity contribution in [3.8, 4) is 0 Å². The molecule has 104 valence electrons. The van der Waals surface area contributed by atoms with Crippen LogP contribution < -0.4 is 11.1 Å². The van der Waals surface area contributed by atoms with E-state index in [4.69, 9.17) is 17.3 Å². The van der Waals surface area contributed by atoms with Gasteiger partial charge >= 0.3 is 6.18 Å². The number of benzene rings is 1. The van der Waals surface area contributed by atoms with Crippen molar-refractivity contribution in [1.29, 1.82) is 0 Å². The van der Waals surface area contributed by atoms with Crippen LogP contribution in [0.1, 0.15) is 24.8 Å². The zero-order valence-electron chi connectivity index (χ0n) is 9.85. The first-order valence-corrected chi connectivity index (χ1v) is 6.07. The lowest BCUT2D eigenvalue weighted by Gasteiger charge is -2.36. The molecule has 19 heavy (non-hydrogen) atoms. The van der Waals surface area contributed by atoms with Gasteiger partial charge in [0.15, 0.2) is 0 Å². The molecule has 1 aliphatic carbocycles. The Hall–Kier alpha value is -1.27. The molecule has 0 radical (unpaired) electrons. The SMILES string of the molecule is NC1(C(=O)Nc2ccc(Cl)cc2C(F)(F)F)CCC1. The molecule has 0 aliphatic heterocycles. The van der Waals surface area contributed by atoms with Gasteiger partial charge in [-0.25, -0.2) is 0 Å². The van der Waals surface area contributed by atoms with Gasteiger partial charge in [0.05, 0.1) is 16.8 Å². The van der Waals surface area contributed by atoms with Crippen LogP contribution in [0.3, 0.4) is 0 Å². The topological polar surface area (TPSA) is 55.1 Å². The number of anilines is 1. The number of alkyl halides is 3. The van der Waals surface area contributed by atoms with Crippen LogP contribution in [0, 0.1) is 0 Å². The highest BCUT2D eigenvalue weighted by Crippen LogP contribution is 2.37. The van der Waals surface area contributed by atoms with Crippen molar-refractivity contribution >= 4 is 23.2 Å². The summed E-state index contributed by atoms with van der Waals surface area (Å²) in [6.45, 7) is 0. The summed E-state index contributed by atoms with van der Waals surface area (Å²) in [4.78, 5) is 11.8. The maximum atomic E-state index is 12.8. The highest BCUT2D eigenvalue weighted by atomic mass is 35.5. The van der Waals surface area contributed by atoms with Gasteiger partial charge in [-0.3, -0.25) is 4.79 Å². The van der Waals surface area contributed by atoms with E-state index in [1.54, 1.807) is 0 Å². The van der Waals surface area contributed by atoms with Gasteiger partial charge in [-0.15, -0.1) is 0 Å². The Labute approximate surface area is 112 Å². The Morgan fingerprint density at radius 3 is 2.47 bits per heavy atom. The van der Waals surface area contributed by atoms with Crippen LogP contribution >= 0.6 is 11.6 Å². The number of nitrogens with two attached hydrogens (primary N) is 1. The molecule has 3 nitrogen and oxygen atoms in total. The highest BCUT2D eigenvalue weighted by molar-refractivity contribution is 6.30. The summed E-state index contributed by atoms with van der Waals surface area (Å²) >= 11 is 5.55. The van der Waals surface area contributed by atoms with Gasteiger partial charge in [0.1, 0.15) is 0 Å². The summed E-state index contributed by atoms with van der Waals surface area (Å²) in [5.41, 5.74) is 3.41. The molecule has 0 aromatic heterocycles. The molecule has 1 aromatic carbocycles. The number of carbonyl (C=O) groups is 1. The molecule has 3 N–H and O–H groups in total. The van der Waals surface area contributed by atoms with Crippen LogP contribution in [-0.2, 0) is 11.0 Å². The second-order valence-corrected chi connectivity index (χ2v) is 5.09. The van der Waals surface area contributed by atoms with Crippen molar-refractivity contribution in [2.45, 2.75) is 31.0 Å². The molecule has 1 aromatic rings. The van der Waals surface area contributed by atoms with E-state index in [1.807, 2.05) is 0 Å². The number of amides is 1. The Balaban J connectivity index is 2.27. The van der Waals surface area contributed by atoms with E-state index in [-0.39, 0.29) is 10.7 Å². The predicted molar refractivity (Wildman–Crippen MR) is 65.9 cm³/mol. The Morgan fingerprint density at radius 2 is 2.00 bits per heavy atom. The van der Waals surface area contributed by atoms with Crippen molar-refractivity contribution < 1.29 is 18.0 Å². The van der Waals surface area contributed by atoms with E-state index < -0.39 is 23.2 Å². The number of hydrogen-bond acceptors (Lipinski definition) is 2. The molecule has 2 rings (SSSR count). The quantitative estimate of drug-likeness (QED) is 0.879. The molecule has 0 unspecified atom stereocenters. The summed E-state index contributed by atoms with van der Waals surface area (Å²) in [7, 11) is 0. The first kappa shape index (κ1) is 14.1. The lowest BCUT2D eigenvalue weighted by molar-refractivity contribution is -0.137. The number of carbonyl (C=O) groups excluding carboxylic acids is 1. The lowest BCUT2D eigenvalue weighted by atomic mass is 9.77. The average Bonchev–Trinajstić information content (AvgIpc) is 2.26. The standard InChI is InChI=1S/C12H12ClF3N2O/c13-7-2-3-9(8(6-7)12(14,15)16)18-10(19)11(17)4-1-5-11/h2-3,6H,1,4-5,17H2,(H,18,19). The maximum Gasteiger partial charge on any atom is 0.418 e. The summed E-state index contributed by atoms with van der Waals surface area (Å²) in [6, 6.07) is 3.20. The second kappa shape index (κ2) is 4.68. The van der Waals surface area contributed by atoms with E-state index in [0.717, 1.165) is 18.6 Å². The summed E-state index contributed by atoms with van der Waals surface area (Å²) in [5.74, 6) is -0.591. The van der Waals surface area contributed by atoms with Crippen LogP contribution in [0.15, 0.2) is 18.2 Å². The molecule has 0 saturated heterocycles. The van der Waals surface area contributed by atoms with Gasteiger partial charge in [-0.1, -0.05) is 11.6 Å². The highest BCUT2D eigenvalue weighted by Gasteiger charge is 2.41. The molecule has 7 heteroatoms. The van der Waals surface area contributed by atoms with Gasteiger partial charge in [0.25, 0.3) is 0 Å². The lowest BCUT2D eigenvalue weighted by Crippen LogP contribution is -2.56. The van der Waals surface area contributed by atoms with Crippen molar-refractivity contribution in [2.75, 3.05) is 5.32 Å². The minimum absolute atomic E-state index is 0.0450. The largest absolute Gasteiger partial charge is 0.418 e. The van der Waals surface area contributed by atoms with Gasteiger partial charge in [0, 0.05) is 5.02 Å². The van der Waals surface area contributed by atoms with Crippen LogP contribution in [0.2, 0.25) is 5.02 Å². The predicted octanol–water partition coefficient (Wildman–Crippen LogP) is 3.18. The third kappa shape index (κ3) is 2.84. The Morgan fingerprint density at radius 1 is 1.37 bits per heavy atom. The second-order valence-electron chi connectivity index (χ2n) is 4.65. The minimum Gasteiger partial charge on any atom is -0.324 e. The van der Waals surface area contributed by atoms with Crippen molar-refractivity contribution in [3.05, 3.63) is 28.8 Å². The summed E-state index contributed by atoms with van der Waals surface area (Å²) < 4.78 is 38.5. The molecular formula is C12H12ClF3N2O. The number of rotatable bonds is 2. The molecule has 1 amide bonds. The van der Waals surface area contributed by atoms with Crippen LogP contribution in [0.5, 0.6) is 0 Å². The number of halogens is 4. The number of hydrogen-bond donors (Lipinski definition) is 2. The molecule has 0 bridgehead atoms. The van der Waals surface area contributed by atoms with Crippen LogP contribution in [0.4, 0.5) is 18.9 Å². The van der Waals surface area contributed by atoms with Gasteiger partial charge < -0.3 is 11.1 Å². The molecule has 0 heterocycles. The van der Waals surface area contributed by atoms with E-state index >= 15 is 0 Å². The van der Waals surface area contributed by atoms with Crippen molar-refractivity contribution in [1.82, 2.24) is 0 Å². The van der Waals surface area contributed by atoms with Gasteiger partial charge in [-0.2, -0.15) is 13.2 Å². The summed E-state index contributed by atoms with van der Waals surface area (Å²) in [6.07, 6.45) is -2.83. The van der Waals surface area contributed by atoms with E-state index in [9.17, 15) is 18.0 Å². The van der Waals surface area contributed by atoms with Gasteiger partial charge in [0.2, 0.25) is 5.91 Å². The fourth-order valence-electron chi connectivity index (χ4n) is 1.89. The molecule has 0 spiro atoms. The first-order valence-electron chi connectivity index (χ1n) is 5.69. The monoisotopic (exact) mass is 292 g/mol. The van der Waals surface area contributed by atoms with E-state index in [2.05, 4.69) is 5.32 Å². The molecule has 1 saturated carbocycles. The number of nitrogens with one attached hydrogen (secondary N) is 1. The first-order chi connectivity index (χ1) is 8.72. The summed E-state index contributed by atoms with van der Waals surface area (Å²) in [5, 5.41) is 2.20. The smallest absolute Gasteiger partial charge is 0.324 e. The molecular weight excluding hydrogens is 281 g/mol. The molecule has 1 aliphatic rings. The van der Waals surface area contributed by atoms with Crippen molar-refractivity contribution in [2.24, 2.45) is 5.73 Å². The average molecular weight is 293 g/mol.